The summed E-state index contributed by atoms with van der Waals surface area (Å²) < 4.78 is 0.319. The molecule has 60 valence electrons. The summed E-state index contributed by atoms with van der Waals surface area (Å²) in [7, 11) is 0. The van der Waals surface area contributed by atoms with Crippen LogP contribution in [0.25, 0.3) is 0 Å². The van der Waals surface area contributed by atoms with Gasteiger partial charge in [-0.25, -0.2) is 0 Å². The molecule has 0 aromatic heterocycles. The van der Waals surface area contributed by atoms with Crippen LogP contribution in [0.5, 0.6) is 0 Å². The number of thioether (sulfide) groups is 1. The Bertz CT molecular complexity index is 212. The highest BCUT2D eigenvalue weighted by Crippen LogP contribution is 2.18. The number of carboxylic acid groups (broad SMARTS) is 1. The summed E-state index contributed by atoms with van der Waals surface area (Å²) in [5.74, 6) is -1.31. The van der Waals surface area contributed by atoms with Crippen LogP contribution < -0.4 is 5.11 Å². The summed E-state index contributed by atoms with van der Waals surface area (Å²) in [5, 5.41) is 10.1. The van der Waals surface area contributed by atoms with Crippen molar-refractivity contribution in [1.29, 1.82) is 0 Å². The SMILES string of the molecule is O=C([O-])CN1C(=O)CSC1=S. The lowest BCUT2D eigenvalue weighted by Gasteiger charge is -2.14. The van der Waals surface area contributed by atoms with Crippen molar-refractivity contribution in [2.45, 2.75) is 0 Å². The molecule has 0 aliphatic carbocycles. The van der Waals surface area contributed by atoms with Gasteiger partial charge in [-0.15, -0.1) is 0 Å². The molecule has 6 heteroatoms. The van der Waals surface area contributed by atoms with E-state index in [-0.39, 0.29) is 11.7 Å². The maximum atomic E-state index is 10.8. The Balaban J connectivity index is 2.62. The molecule has 0 aromatic carbocycles. The number of carbonyl (C=O) groups excluding carboxylic acids is 2. The molecule has 0 unspecified atom stereocenters. The van der Waals surface area contributed by atoms with Gasteiger partial charge < -0.3 is 9.90 Å². The monoisotopic (exact) mass is 190 g/mol. The molecule has 0 aromatic rings. The fraction of sp³-hybridized carbons (Fsp3) is 0.400. The van der Waals surface area contributed by atoms with Gasteiger partial charge in [-0.1, -0.05) is 24.0 Å². The minimum atomic E-state index is -1.29. The van der Waals surface area contributed by atoms with E-state index in [1.807, 2.05) is 0 Å². The van der Waals surface area contributed by atoms with Crippen LogP contribution in [0.1, 0.15) is 0 Å². The van der Waals surface area contributed by atoms with E-state index in [1.165, 1.54) is 11.8 Å². The molecule has 0 radical (unpaired) electrons. The summed E-state index contributed by atoms with van der Waals surface area (Å²) in [6.07, 6.45) is 0. The lowest BCUT2D eigenvalue weighted by molar-refractivity contribution is -0.305. The normalized spacial score (nSPS) is 17.6. The molecule has 1 amide bonds. The maximum absolute atomic E-state index is 10.8. The first-order valence-corrected chi connectivity index (χ1v) is 4.17. The molecular formula is C5H4NO3S2-. The Morgan fingerprint density at radius 3 is 2.82 bits per heavy atom. The molecule has 4 nitrogen and oxygen atoms in total. The number of nitrogens with zero attached hydrogens (tertiary/aromatic N) is 1. The van der Waals surface area contributed by atoms with Crippen molar-refractivity contribution < 1.29 is 14.7 Å². The van der Waals surface area contributed by atoms with Crippen LogP contribution in [0.15, 0.2) is 0 Å². The van der Waals surface area contributed by atoms with Crippen LogP contribution in [0, 0.1) is 0 Å². The number of carbonyl (C=O) groups is 2. The summed E-state index contributed by atoms with van der Waals surface area (Å²) in [6, 6.07) is 0. The van der Waals surface area contributed by atoms with Gasteiger partial charge in [-0.2, -0.15) is 0 Å². The predicted octanol–water partition coefficient (Wildman–Crippen LogP) is -1.40. The van der Waals surface area contributed by atoms with Crippen LogP contribution in [-0.2, 0) is 9.59 Å². The van der Waals surface area contributed by atoms with Gasteiger partial charge in [0.1, 0.15) is 4.32 Å². The van der Waals surface area contributed by atoms with Gasteiger partial charge in [-0.3, -0.25) is 9.69 Å². The zero-order valence-electron chi connectivity index (χ0n) is 5.40. The van der Waals surface area contributed by atoms with Crippen LogP contribution in [0.3, 0.4) is 0 Å². The minimum Gasteiger partial charge on any atom is -0.548 e. The molecule has 11 heavy (non-hydrogen) atoms. The van der Waals surface area contributed by atoms with Crippen LogP contribution in [-0.4, -0.2) is 33.4 Å². The fourth-order valence-electron chi connectivity index (χ4n) is 0.663. The largest absolute Gasteiger partial charge is 0.548 e. The second kappa shape index (κ2) is 3.19. The van der Waals surface area contributed by atoms with Crippen molar-refractivity contribution in [2.24, 2.45) is 0 Å². The smallest absolute Gasteiger partial charge is 0.238 e. The number of aliphatic carboxylic acids is 1. The van der Waals surface area contributed by atoms with Crippen molar-refractivity contribution in [3.63, 3.8) is 0 Å². The summed E-state index contributed by atoms with van der Waals surface area (Å²) in [5.41, 5.74) is 0. The van der Waals surface area contributed by atoms with E-state index in [0.29, 0.717) is 4.32 Å². The molecule has 1 fully saturated rings. The lowest BCUT2D eigenvalue weighted by atomic mass is 10.5. The molecule has 0 bridgehead atoms. The third kappa shape index (κ3) is 1.90. The number of rotatable bonds is 2. The molecule has 0 spiro atoms. The first-order valence-electron chi connectivity index (χ1n) is 2.78. The van der Waals surface area contributed by atoms with Crippen molar-refractivity contribution >= 4 is 40.2 Å². The number of amides is 1. The quantitative estimate of drug-likeness (QED) is 0.501. The number of hydrogen-bond donors (Lipinski definition) is 0. The van der Waals surface area contributed by atoms with Gasteiger partial charge in [0.2, 0.25) is 5.91 Å². The van der Waals surface area contributed by atoms with E-state index in [1.54, 1.807) is 0 Å². The second-order valence-corrected chi connectivity index (χ2v) is 3.52. The Kier molecular flexibility index (Phi) is 2.45. The highest BCUT2D eigenvalue weighted by atomic mass is 32.2. The third-order valence-electron chi connectivity index (χ3n) is 1.13. The molecule has 1 heterocycles. The summed E-state index contributed by atoms with van der Waals surface area (Å²) in [4.78, 5) is 22.0. The van der Waals surface area contributed by atoms with Gasteiger partial charge in [0.25, 0.3) is 0 Å². The molecule has 1 saturated heterocycles. The molecular weight excluding hydrogens is 186 g/mol. The minimum absolute atomic E-state index is 0.242. The first-order chi connectivity index (χ1) is 5.11. The van der Waals surface area contributed by atoms with Gasteiger partial charge >= 0.3 is 0 Å². The van der Waals surface area contributed by atoms with Gasteiger partial charge in [0, 0.05) is 0 Å². The Morgan fingerprint density at radius 2 is 2.45 bits per heavy atom. The molecule has 1 rings (SSSR count). The molecule has 1 aliphatic heterocycles. The van der Waals surface area contributed by atoms with Gasteiger partial charge in [0.15, 0.2) is 0 Å². The highest BCUT2D eigenvalue weighted by molar-refractivity contribution is 8.23. The fourth-order valence-corrected chi connectivity index (χ4v) is 1.73. The van der Waals surface area contributed by atoms with E-state index in [4.69, 9.17) is 12.2 Å². The highest BCUT2D eigenvalue weighted by Gasteiger charge is 2.25. The topological polar surface area (TPSA) is 60.4 Å². The molecule has 1 aliphatic rings. The zero-order chi connectivity index (χ0) is 8.43. The van der Waals surface area contributed by atoms with Gasteiger partial charge in [-0.05, 0) is 0 Å². The van der Waals surface area contributed by atoms with E-state index in [0.717, 1.165) is 4.90 Å². The lowest BCUT2D eigenvalue weighted by Crippen LogP contribution is -2.40. The van der Waals surface area contributed by atoms with Crippen LogP contribution in [0.2, 0.25) is 0 Å². The Morgan fingerprint density at radius 1 is 1.82 bits per heavy atom. The Labute approximate surface area is 72.6 Å². The summed E-state index contributed by atoms with van der Waals surface area (Å²) in [6.45, 7) is -0.426. The maximum Gasteiger partial charge on any atom is 0.238 e. The molecule has 0 saturated carbocycles. The standard InChI is InChI=1S/C5H5NO3S2/c7-3-2-11-5(10)6(3)1-4(8)9/h1-2H2,(H,8,9)/p-1. The van der Waals surface area contributed by atoms with Crippen LogP contribution in [0.4, 0.5) is 0 Å². The van der Waals surface area contributed by atoms with Crippen LogP contribution >= 0.6 is 24.0 Å². The predicted molar refractivity (Wildman–Crippen MR) is 41.8 cm³/mol. The average molecular weight is 190 g/mol. The van der Waals surface area contributed by atoms with E-state index < -0.39 is 12.5 Å². The first kappa shape index (κ1) is 8.48. The second-order valence-electron chi connectivity index (χ2n) is 1.91. The average Bonchev–Trinajstić information content (AvgIpc) is 2.18. The summed E-state index contributed by atoms with van der Waals surface area (Å²) >= 11 is 5.89. The molecule has 0 atom stereocenters. The number of carboxylic acids is 1. The number of hydrogen-bond acceptors (Lipinski definition) is 5. The van der Waals surface area contributed by atoms with Crippen molar-refractivity contribution in [3.8, 4) is 0 Å². The zero-order valence-corrected chi connectivity index (χ0v) is 7.04. The van der Waals surface area contributed by atoms with E-state index in [9.17, 15) is 14.7 Å². The van der Waals surface area contributed by atoms with Crippen molar-refractivity contribution in [2.75, 3.05) is 12.3 Å². The van der Waals surface area contributed by atoms with Crippen molar-refractivity contribution in [1.82, 2.24) is 4.90 Å². The number of thiocarbonyl (C=S) groups is 1. The Hall–Kier alpha value is -0.620. The van der Waals surface area contributed by atoms with Gasteiger partial charge in [0.05, 0.1) is 18.3 Å². The molecule has 0 N–H and O–H groups in total. The van der Waals surface area contributed by atoms with Crippen molar-refractivity contribution in [3.05, 3.63) is 0 Å². The van der Waals surface area contributed by atoms with E-state index >= 15 is 0 Å². The van der Waals surface area contributed by atoms with E-state index in [2.05, 4.69) is 0 Å². The third-order valence-corrected chi connectivity index (χ3v) is 2.56.